The van der Waals surface area contributed by atoms with Crippen molar-refractivity contribution in [2.75, 3.05) is 31.7 Å². The van der Waals surface area contributed by atoms with Crippen LogP contribution in [-0.4, -0.2) is 41.4 Å². The summed E-state index contributed by atoms with van der Waals surface area (Å²) in [4.78, 5) is 8.45. The van der Waals surface area contributed by atoms with Crippen LogP contribution in [0.2, 0.25) is 0 Å². The average molecular weight is 211 g/mol. The fourth-order valence-corrected chi connectivity index (χ4v) is 1.21. The van der Waals surface area contributed by atoms with Gasteiger partial charge in [0.05, 0.1) is 19.8 Å². The molecule has 0 aliphatic carbocycles. The van der Waals surface area contributed by atoms with E-state index in [1.807, 2.05) is 19.9 Å². The molecule has 1 aromatic rings. The minimum absolute atomic E-state index is 0.0556. The van der Waals surface area contributed by atoms with E-state index >= 15 is 0 Å². The van der Waals surface area contributed by atoms with E-state index in [9.17, 15) is 0 Å². The lowest BCUT2D eigenvalue weighted by Crippen LogP contribution is -2.13. The molecule has 0 amide bonds. The Bertz CT molecular complexity index is 284. The third-order valence-electron chi connectivity index (χ3n) is 1.75. The van der Waals surface area contributed by atoms with E-state index in [0.717, 1.165) is 11.4 Å². The van der Waals surface area contributed by atoms with Crippen LogP contribution in [-0.2, 0) is 4.74 Å². The van der Waals surface area contributed by atoms with Crippen molar-refractivity contribution < 1.29 is 9.84 Å². The van der Waals surface area contributed by atoms with Crippen LogP contribution in [0.5, 0.6) is 0 Å². The SMILES string of the molecule is Cc1cc(C)nc(NCCOCCO)n1. The summed E-state index contributed by atoms with van der Waals surface area (Å²) in [6.45, 7) is 5.47. The summed E-state index contributed by atoms with van der Waals surface area (Å²) in [6, 6.07) is 1.92. The van der Waals surface area contributed by atoms with E-state index in [0.29, 0.717) is 25.7 Å². The Balaban J connectivity index is 2.31. The Morgan fingerprint density at radius 3 is 2.53 bits per heavy atom. The lowest BCUT2D eigenvalue weighted by atomic mass is 10.4. The van der Waals surface area contributed by atoms with Crippen molar-refractivity contribution in [2.24, 2.45) is 0 Å². The third-order valence-corrected chi connectivity index (χ3v) is 1.75. The first-order chi connectivity index (χ1) is 7.22. The monoisotopic (exact) mass is 211 g/mol. The summed E-state index contributed by atoms with van der Waals surface area (Å²) < 4.78 is 5.10. The van der Waals surface area contributed by atoms with Crippen molar-refractivity contribution in [2.45, 2.75) is 13.8 Å². The first-order valence-electron chi connectivity index (χ1n) is 4.97. The number of nitrogens with zero attached hydrogens (tertiary/aromatic N) is 2. The summed E-state index contributed by atoms with van der Waals surface area (Å²) in [5.74, 6) is 0.625. The van der Waals surface area contributed by atoms with Crippen molar-refractivity contribution >= 4 is 5.95 Å². The molecule has 5 nitrogen and oxygen atoms in total. The molecule has 0 aliphatic rings. The van der Waals surface area contributed by atoms with Gasteiger partial charge in [0.1, 0.15) is 0 Å². The lowest BCUT2D eigenvalue weighted by Gasteiger charge is -2.06. The van der Waals surface area contributed by atoms with Crippen molar-refractivity contribution in [3.05, 3.63) is 17.5 Å². The number of rotatable bonds is 6. The molecule has 0 bridgehead atoms. The van der Waals surface area contributed by atoms with Gasteiger partial charge in [-0.3, -0.25) is 0 Å². The highest BCUT2D eigenvalue weighted by molar-refractivity contribution is 5.27. The molecular weight excluding hydrogens is 194 g/mol. The van der Waals surface area contributed by atoms with Crippen molar-refractivity contribution in [1.82, 2.24) is 9.97 Å². The maximum absolute atomic E-state index is 8.49. The number of hydrogen-bond acceptors (Lipinski definition) is 5. The van der Waals surface area contributed by atoms with Gasteiger partial charge in [0, 0.05) is 17.9 Å². The second kappa shape index (κ2) is 6.31. The number of hydrogen-bond donors (Lipinski definition) is 2. The molecule has 1 heterocycles. The molecule has 0 atom stereocenters. The third kappa shape index (κ3) is 4.71. The quantitative estimate of drug-likeness (QED) is 0.671. The first-order valence-corrected chi connectivity index (χ1v) is 4.97. The zero-order valence-electron chi connectivity index (χ0n) is 9.16. The van der Waals surface area contributed by atoms with Gasteiger partial charge in [-0.2, -0.15) is 0 Å². The molecule has 5 heteroatoms. The Labute approximate surface area is 89.5 Å². The first kappa shape index (κ1) is 11.9. The maximum Gasteiger partial charge on any atom is 0.223 e. The van der Waals surface area contributed by atoms with Crippen LogP contribution >= 0.6 is 0 Å². The zero-order chi connectivity index (χ0) is 11.1. The van der Waals surface area contributed by atoms with Crippen LogP contribution < -0.4 is 5.32 Å². The van der Waals surface area contributed by atoms with Gasteiger partial charge in [-0.1, -0.05) is 0 Å². The van der Waals surface area contributed by atoms with Crippen LogP contribution in [0, 0.1) is 13.8 Å². The molecule has 0 fully saturated rings. The zero-order valence-corrected chi connectivity index (χ0v) is 9.16. The lowest BCUT2D eigenvalue weighted by molar-refractivity contribution is 0.0991. The number of ether oxygens (including phenoxy) is 1. The van der Waals surface area contributed by atoms with E-state index in [-0.39, 0.29) is 6.61 Å². The van der Waals surface area contributed by atoms with E-state index in [1.54, 1.807) is 0 Å². The Morgan fingerprint density at radius 1 is 1.27 bits per heavy atom. The summed E-state index contributed by atoms with van der Waals surface area (Å²) >= 11 is 0. The van der Waals surface area contributed by atoms with Gasteiger partial charge in [0.15, 0.2) is 0 Å². The normalized spacial score (nSPS) is 10.3. The molecule has 0 radical (unpaired) electrons. The number of aliphatic hydroxyl groups is 1. The van der Waals surface area contributed by atoms with Gasteiger partial charge in [-0.05, 0) is 19.9 Å². The number of aromatic nitrogens is 2. The highest BCUT2D eigenvalue weighted by Crippen LogP contribution is 2.02. The molecule has 0 unspecified atom stereocenters. The fourth-order valence-electron chi connectivity index (χ4n) is 1.21. The Kier molecular flexibility index (Phi) is 5.00. The predicted molar refractivity (Wildman–Crippen MR) is 57.9 cm³/mol. The van der Waals surface area contributed by atoms with Gasteiger partial charge in [0.2, 0.25) is 5.95 Å². The molecule has 0 aliphatic heterocycles. The van der Waals surface area contributed by atoms with Crippen LogP contribution in [0.1, 0.15) is 11.4 Å². The van der Waals surface area contributed by atoms with Gasteiger partial charge >= 0.3 is 0 Å². The topological polar surface area (TPSA) is 67.3 Å². The minimum Gasteiger partial charge on any atom is -0.394 e. The molecule has 1 rings (SSSR count). The summed E-state index contributed by atoms with van der Waals surface area (Å²) in [6.07, 6.45) is 0. The molecule has 84 valence electrons. The van der Waals surface area contributed by atoms with Gasteiger partial charge in [-0.15, -0.1) is 0 Å². The molecular formula is C10H17N3O2. The second-order valence-corrected chi connectivity index (χ2v) is 3.24. The van der Waals surface area contributed by atoms with Crippen LogP contribution in [0.4, 0.5) is 5.95 Å². The number of nitrogens with one attached hydrogen (secondary N) is 1. The predicted octanol–water partition coefficient (Wildman–Crippen LogP) is 0.514. The van der Waals surface area contributed by atoms with Gasteiger partial charge < -0.3 is 15.2 Å². The number of aryl methyl sites for hydroxylation is 2. The smallest absolute Gasteiger partial charge is 0.223 e. The van der Waals surface area contributed by atoms with E-state index < -0.39 is 0 Å². The van der Waals surface area contributed by atoms with E-state index in [1.165, 1.54) is 0 Å². The van der Waals surface area contributed by atoms with Gasteiger partial charge in [0.25, 0.3) is 0 Å². The van der Waals surface area contributed by atoms with E-state index in [2.05, 4.69) is 15.3 Å². The van der Waals surface area contributed by atoms with E-state index in [4.69, 9.17) is 9.84 Å². The number of aliphatic hydroxyl groups excluding tert-OH is 1. The molecule has 15 heavy (non-hydrogen) atoms. The molecule has 0 spiro atoms. The van der Waals surface area contributed by atoms with Crippen LogP contribution in [0.15, 0.2) is 6.07 Å². The average Bonchev–Trinajstić information content (AvgIpc) is 2.16. The van der Waals surface area contributed by atoms with Crippen molar-refractivity contribution in [3.8, 4) is 0 Å². The largest absolute Gasteiger partial charge is 0.394 e. The van der Waals surface area contributed by atoms with Crippen molar-refractivity contribution in [1.29, 1.82) is 0 Å². The standard InChI is InChI=1S/C10H17N3O2/c1-8-7-9(2)13-10(12-8)11-3-5-15-6-4-14/h7,14H,3-6H2,1-2H3,(H,11,12,13). The molecule has 1 aromatic heterocycles. The van der Waals surface area contributed by atoms with Gasteiger partial charge in [-0.25, -0.2) is 9.97 Å². The molecule has 0 saturated heterocycles. The Morgan fingerprint density at radius 2 is 1.93 bits per heavy atom. The highest BCUT2D eigenvalue weighted by atomic mass is 16.5. The number of anilines is 1. The van der Waals surface area contributed by atoms with Crippen molar-refractivity contribution in [3.63, 3.8) is 0 Å². The van der Waals surface area contributed by atoms with Crippen LogP contribution in [0.25, 0.3) is 0 Å². The summed E-state index contributed by atoms with van der Waals surface area (Å²) in [5, 5.41) is 11.5. The fraction of sp³-hybridized carbons (Fsp3) is 0.600. The molecule has 0 saturated carbocycles. The minimum atomic E-state index is 0.0556. The maximum atomic E-state index is 8.49. The summed E-state index contributed by atoms with van der Waals surface area (Å²) in [5.41, 5.74) is 1.89. The second-order valence-electron chi connectivity index (χ2n) is 3.24. The molecule has 0 aromatic carbocycles. The highest BCUT2D eigenvalue weighted by Gasteiger charge is 1.97. The van der Waals surface area contributed by atoms with Crippen LogP contribution in [0.3, 0.4) is 0 Å². The molecule has 2 N–H and O–H groups in total. The summed E-state index contributed by atoms with van der Waals surface area (Å²) in [7, 11) is 0. The Hall–Kier alpha value is -1.20.